The summed E-state index contributed by atoms with van der Waals surface area (Å²) in [6.07, 6.45) is 1.43. The molecule has 0 heterocycles. The molecule has 0 aliphatic carbocycles. The Bertz CT molecular complexity index is 808. The first-order valence-electron chi connectivity index (χ1n) is 8.99. The van der Waals surface area contributed by atoms with Crippen LogP contribution in [-0.4, -0.2) is 28.8 Å². The van der Waals surface area contributed by atoms with Gasteiger partial charge in [-0.1, -0.05) is 37.6 Å². The van der Waals surface area contributed by atoms with E-state index in [0.717, 1.165) is 19.2 Å². The number of benzene rings is 2. The second-order valence-corrected chi connectivity index (χ2v) is 8.88. The number of hydrogen-bond donors (Lipinski definition) is 1. The van der Waals surface area contributed by atoms with E-state index in [0.29, 0.717) is 12.0 Å². The molecule has 1 unspecified atom stereocenters. The summed E-state index contributed by atoms with van der Waals surface area (Å²) in [5.74, 6) is -0.250. The van der Waals surface area contributed by atoms with Gasteiger partial charge in [-0.3, -0.25) is 9.59 Å². The van der Waals surface area contributed by atoms with Gasteiger partial charge in [0.05, 0.1) is 11.3 Å². The molecule has 2 rings (SSSR count). The van der Waals surface area contributed by atoms with Crippen LogP contribution in [0.2, 0.25) is 0 Å². The number of anilines is 1. The van der Waals surface area contributed by atoms with Gasteiger partial charge < -0.3 is 10.2 Å². The van der Waals surface area contributed by atoms with Crippen molar-refractivity contribution < 1.29 is 9.59 Å². The van der Waals surface area contributed by atoms with Crippen LogP contribution in [-0.2, 0) is 4.79 Å². The number of nitrogens with one attached hydrogen (secondary N) is 1. The maximum atomic E-state index is 13.3. The van der Waals surface area contributed by atoms with Gasteiger partial charge in [-0.05, 0) is 89.7 Å². The third-order valence-electron chi connectivity index (χ3n) is 4.23. The van der Waals surface area contributed by atoms with Crippen molar-refractivity contribution in [3.05, 3.63) is 61.2 Å². The summed E-state index contributed by atoms with van der Waals surface area (Å²) in [4.78, 5) is 28.1. The van der Waals surface area contributed by atoms with Gasteiger partial charge in [0.2, 0.25) is 5.91 Å². The summed E-state index contributed by atoms with van der Waals surface area (Å²) in [7, 11) is 0. The minimum absolute atomic E-state index is 0.0920. The van der Waals surface area contributed by atoms with Crippen molar-refractivity contribution in [3.8, 4) is 0 Å². The Balaban J connectivity index is 2.35. The first-order chi connectivity index (χ1) is 12.9. The van der Waals surface area contributed by atoms with E-state index in [-0.39, 0.29) is 17.9 Å². The molecule has 27 heavy (non-hydrogen) atoms. The molecule has 0 aromatic heterocycles. The maximum Gasteiger partial charge on any atom is 0.255 e. The van der Waals surface area contributed by atoms with Gasteiger partial charge in [-0.25, -0.2) is 0 Å². The van der Waals surface area contributed by atoms with Gasteiger partial charge in [0, 0.05) is 13.2 Å². The van der Waals surface area contributed by atoms with Crippen LogP contribution in [0.1, 0.15) is 44.0 Å². The van der Waals surface area contributed by atoms with Gasteiger partial charge in [-0.2, -0.15) is 0 Å². The fraction of sp³-hybridized carbons (Fsp3) is 0.333. The van der Waals surface area contributed by atoms with Crippen molar-refractivity contribution in [1.82, 2.24) is 4.90 Å². The average molecular weight is 590 g/mol. The topological polar surface area (TPSA) is 49.4 Å². The molecule has 2 aromatic rings. The predicted octanol–water partition coefficient (Wildman–Crippen LogP) is 5.55. The van der Waals surface area contributed by atoms with E-state index in [1.807, 2.05) is 69.3 Å². The Labute approximate surface area is 188 Å². The number of hydrogen-bond acceptors (Lipinski definition) is 2. The number of halogens is 2. The smallest absolute Gasteiger partial charge is 0.255 e. The van der Waals surface area contributed by atoms with Gasteiger partial charge >= 0.3 is 0 Å². The third-order valence-corrected chi connectivity index (χ3v) is 6.11. The Hall–Kier alpha value is -1.16. The monoisotopic (exact) mass is 590 g/mol. The van der Waals surface area contributed by atoms with Crippen LogP contribution in [0.25, 0.3) is 0 Å². The molecule has 0 aliphatic heterocycles. The van der Waals surface area contributed by atoms with Crippen LogP contribution < -0.4 is 5.32 Å². The van der Waals surface area contributed by atoms with E-state index in [1.54, 1.807) is 4.90 Å². The molecule has 1 N–H and O–H groups in total. The van der Waals surface area contributed by atoms with Crippen molar-refractivity contribution in [2.45, 2.75) is 45.7 Å². The SMILES string of the molecule is CCCC(C(=O)Nc1ccccc1I)N(C(=O)c1ccccc1I)C(C)C. The highest BCUT2D eigenvalue weighted by Gasteiger charge is 2.32. The van der Waals surface area contributed by atoms with Crippen LogP contribution in [0.3, 0.4) is 0 Å². The van der Waals surface area contributed by atoms with Crippen molar-refractivity contribution in [3.63, 3.8) is 0 Å². The minimum Gasteiger partial charge on any atom is -0.324 e. The Morgan fingerprint density at radius 2 is 1.59 bits per heavy atom. The first kappa shape index (κ1) is 22.1. The van der Waals surface area contributed by atoms with Crippen LogP contribution in [0.4, 0.5) is 5.69 Å². The second-order valence-electron chi connectivity index (χ2n) is 6.56. The summed E-state index contributed by atoms with van der Waals surface area (Å²) < 4.78 is 1.86. The van der Waals surface area contributed by atoms with Gasteiger partial charge in [0.1, 0.15) is 6.04 Å². The molecule has 0 bridgehead atoms. The molecule has 2 aromatic carbocycles. The molecule has 0 saturated carbocycles. The van der Waals surface area contributed by atoms with Gasteiger partial charge in [0.15, 0.2) is 0 Å². The molecule has 0 saturated heterocycles. The highest BCUT2D eigenvalue weighted by molar-refractivity contribution is 14.1. The van der Waals surface area contributed by atoms with Crippen LogP contribution >= 0.6 is 45.2 Å². The largest absolute Gasteiger partial charge is 0.324 e. The van der Waals surface area contributed by atoms with E-state index in [4.69, 9.17) is 0 Å². The average Bonchev–Trinajstić information content (AvgIpc) is 2.63. The number of carbonyl (C=O) groups excluding carboxylic acids is 2. The van der Waals surface area contributed by atoms with Crippen molar-refractivity contribution in [2.75, 3.05) is 5.32 Å². The molecular formula is C21H24I2N2O2. The van der Waals surface area contributed by atoms with Crippen LogP contribution in [0, 0.1) is 7.14 Å². The first-order valence-corrected chi connectivity index (χ1v) is 11.1. The molecule has 1 atom stereocenters. The summed E-state index contributed by atoms with van der Waals surface area (Å²) in [6, 6.07) is 14.5. The van der Waals surface area contributed by atoms with Gasteiger partial charge in [-0.15, -0.1) is 0 Å². The lowest BCUT2D eigenvalue weighted by molar-refractivity contribution is -0.121. The zero-order valence-corrected chi connectivity index (χ0v) is 20.0. The quantitative estimate of drug-likeness (QED) is 0.430. The molecule has 2 amide bonds. The summed E-state index contributed by atoms with van der Waals surface area (Å²) in [6.45, 7) is 5.94. The lowest BCUT2D eigenvalue weighted by atomic mass is 10.0. The zero-order chi connectivity index (χ0) is 20.0. The molecule has 4 nitrogen and oxygen atoms in total. The zero-order valence-electron chi connectivity index (χ0n) is 15.7. The van der Waals surface area contributed by atoms with E-state index in [9.17, 15) is 9.59 Å². The number of rotatable bonds is 7. The highest BCUT2D eigenvalue weighted by atomic mass is 127. The maximum absolute atomic E-state index is 13.3. The standard InChI is InChI=1S/C21H24I2N2O2/c1-4-9-19(20(26)24-18-13-8-7-12-17(18)23)25(14(2)3)21(27)15-10-5-6-11-16(15)22/h5-8,10-14,19H,4,9H2,1-3H3,(H,24,26). The van der Waals surface area contributed by atoms with Crippen molar-refractivity contribution in [1.29, 1.82) is 0 Å². The molecular weight excluding hydrogens is 566 g/mol. The van der Waals surface area contributed by atoms with Crippen molar-refractivity contribution in [2.24, 2.45) is 0 Å². The van der Waals surface area contributed by atoms with E-state index in [2.05, 4.69) is 50.5 Å². The van der Waals surface area contributed by atoms with Crippen LogP contribution in [0.5, 0.6) is 0 Å². The second kappa shape index (κ2) is 10.4. The summed E-state index contributed by atoms with van der Waals surface area (Å²) in [5.41, 5.74) is 1.41. The van der Waals surface area contributed by atoms with E-state index in [1.165, 1.54) is 0 Å². The number of nitrogens with zero attached hydrogens (tertiary/aromatic N) is 1. The third kappa shape index (κ3) is 5.66. The lowest BCUT2D eigenvalue weighted by Crippen LogP contribution is -2.51. The molecule has 0 aliphatic rings. The number of para-hydroxylation sites is 1. The lowest BCUT2D eigenvalue weighted by Gasteiger charge is -2.34. The van der Waals surface area contributed by atoms with E-state index >= 15 is 0 Å². The predicted molar refractivity (Wildman–Crippen MR) is 127 cm³/mol. The molecule has 0 fully saturated rings. The minimum atomic E-state index is -0.519. The van der Waals surface area contributed by atoms with Gasteiger partial charge in [0.25, 0.3) is 5.91 Å². The Morgan fingerprint density at radius 1 is 1.00 bits per heavy atom. The molecule has 144 valence electrons. The molecule has 6 heteroatoms. The molecule has 0 radical (unpaired) electrons. The fourth-order valence-corrected chi connectivity index (χ4v) is 4.10. The molecule has 0 spiro atoms. The van der Waals surface area contributed by atoms with Crippen LogP contribution in [0.15, 0.2) is 48.5 Å². The highest BCUT2D eigenvalue weighted by Crippen LogP contribution is 2.22. The normalized spacial score (nSPS) is 11.9. The summed E-state index contributed by atoms with van der Waals surface area (Å²) >= 11 is 4.37. The number of carbonyl (C=O) groups is 2. The fourth-order valence-electron chi connectivity index (χ4n) is 2.96. The summed E-state index contributed by atoms with van der Waals surface area (Å²) in [5, 5.41) is 3.01. The number of amides is 2. The Kier molecular flexibility index (Phi) is 8.53. The Morgan fingerprint density at radius 3 is 2.15 bits per heavy atom. The van der Waals surface area contributed by atoms with E-state index < -0.39 is 6.04 Å². The van der Waals surface area contributed by atoms with Crippen molar-refractivity contribution >= 4 is 62.7 Å².